The van der Waals surface area contributed by atoms with E-state index in [1.165, 1.54) is 30.4 Å². The molecule has 0 bridgehead atoms. The Kier molecular flexibility index (Phi) is 2.32. The van der Waals surface area contributed by atoms with Crippen molar-refractivity contribution in [1.29, 1.82) is 0 Å². The molecule has 0 unspecified atom stereocenters. The minimum absolute atomic E-state index is 0.723. The molecule has 94 valence electrons. The first-order valence-electron chi connectivity index (χ1n) is 6.50. The highest BCUT2D eigenvalue weighted by molar-refractivity contribution is 7.71. The van der Waals surface area contributed by atoms with Crippen LogP contribution < -0.4 is 0 Å². The maximum absolute atomic E-state index is 5.44. The summed E-state index contributed by atoms with van der Waals surface area (Å²) < 4.78 is 2.81. The van der Waals surface area contributed by atoms with Gasteiger partial charge in [-0.15, -0.1) is 0 Å². The molecule has 19 heavy (non-hydrogen) atoms. The van der Waals surface area contributed by atoms with Gasteiger partial charge in [-0.3, -0.25) is 9.55 Å². The summed E-state index contributed by atoms with van der Waals surface area (Å²) in [7, 11) is 0. The molecular weight excluding hydrogens is 254 g/mol. The average Bonchev–Trinajstić information content (AvgIpc) is 3.00. The molecule has 0 atom stereocenters. The first-order chi connectivity index (χ1) is 9.33. The summed E-state index contributed by atoms with van der Waals surface area (Å²) in [5.74, 6) is 0. The van der Waals surface area contributed by atoms with Gasteiger partial charge in [0.15, 0.2) is 4.77 Å². The van der Waals surface area contributed by atoms with Crippen LogP contribution in [0.2, 0.25) is 0 Å². The van der Waals surface area contributed by atoms with Crippen LogP contribution >= 0.6 is 12.2 Å². The maximum Gasteiger partial charge on any atom is 0.182 e. The van der Waals surface area contributed by atoms with Gasteiger partial charge in [0.25, 0.3) is 0 Å². The van der Waals surface area contributed by atoms with Gasteiger partial charge in [0, 0.05) is 11.9 Å². The number of rotatable bonds is 1. The Labute approximate surface area is 115 Å². The number of hydrogen-bond acceptors (Lipinski definition) is 2. The van der Waals surface area contributed by atoms with Crippen LogP contribution in [0, 0.1) is 4.77 Å². The molecule has 1 aromatic carbocycles. The molecule has 0 aliphatic heterocycles. The molecule has 0 amide bonds. The summed E-state index contributed by atoms with van der Waals surface area (Å²) in [6.07, 6.45) is 7.27. The normalized spacial score (nSPS) is 13.9. The zero-order valence-corrected chi connectivity index (χ0v) is 11.2. The van der Waals surface area contributed by atoms with E-state index in [4.69, 9.17) is 12.2 Å². The number of H-pyrrole nitrogens is 1. The molecule has 4 heteroatoms. The van der Waals surface area contributed by atoms with E-state index in [1.807, 2.05) is 12.3 Å². The van der Waals surface area contributed by atoms with Gasteiger partial charge in [0.1, 0.15) is 0 Å². The van der Waals surface area contributed by atoms with E-state index in [1.54, 1.807) is 6.20 Å². The van der Waals surface area contributed by atoms with Gasteiger partial charge >= 0.3 is 0 Å². The molecule has 4 rings (SSSR count). The Balaban J connectivity index is 2.00. The van der Waals surface area contributed by atoms with Crippen LogP contribution in [0.4, 0.5) is 0 Å². The van der Waals surface area contributed by atoms with Crippen molar-refractivity contribution >= 4 is 23.3 Å². The fraction of sp³-hybridized carbons (Fsp3) is 0.200. The number of nitrogens with one attached hydrogen (secondary N) is 1. The lowest BCUT2D eigenvalue weighted by Crippen LogP contribution is -1.95. The summed E-state index contributed by atoms with van der Waals surface area (Å²) in [4.78, 5) is 7.34. The molecule has 2 heterocycles. The van der Waals surface area contributed by atoms with E-state index in [2.05, 4.69) is 32.7 Å². The lowest BCUT2D eigenvalue weighted by Gasteiger charge is -2.07. The van der Waals surface area contributed by atoms with Crippen LogP contribution in [-0.2, 0) is 12.8 Å². The summed E-state index contributed by atoms with van der Waals surface area (Å²) >= 11 is 5.44. The van der Waals surface area contributed by atoms with E-state index in [-0.39, 0.29) is 0 Å². The molecule has 2 aromatic heterocycles. The van der Waals surface area contributed by atoms with E-state index < -0.39 is 0 Å². The average molecular weight is 267 g/mol. The van der Waals surface area contributed by atoms with Crippen LogP contribution in [0.15, 0.2) is 36.7 Å². The number of benzene rings is 1. The van der Waals surface area contributed by atoms with Crippen molar-refractivity contribution in [3.05, 3.63) is 52.6 Å². The monoisotopic (exact) mass is 267 g/mol. The third-order valence-electron chi connectivity index (χ3n) is 3.82. The maximum atomic E-state index is 5.44. The second-order valence-corrected chi connectivity index (χ2v) is 5.35. The SMILES string of the molecule is S=c1[nH]c2cnccc2n1-c1ccc2c(c1)CCC2. The fourth-order valence-corrected chi connectivity index (χ4v) is 3.23. The summed E-state index contributed by atoms with van der Waals surface area (Å²) in [5, 5.41) is 0. The van der Waals surface area contributed by atoms with Gasteiger partial charge in [0.2, 0.25) is 0 Å². The minimum atomic E-state index is 0.723. The van der Waals surface area contributed by atoms with Crippen molar-refractivity contribution in [3.8, 4) is 5.69 Å². The smallest absolute Gasteiger partial charge is 0.182 e. The van der Waals surface area contributed by atoms with E-state index >= 15 is 0 Å². The molecule has 0 fully saturated rings. The van der Waals surface area contributed by atoms with E-state index in [9.17, 15) is 0 Å². The number of hydrogen-bond donors (Lipinski definition) is 1. The van der Waals surface area contributed by atoms with Gasteiger partial charge in [-0.1, -0.05) is 6.07 Å². The highest BCUT2D eigenvalue weighted by Gasteiger charge is 2.13. The highest BCUT2D eigenvalue weighted by atomic mass is 32.1. The summed E-state index contributed by atoms with van der Waals surface area (Å²) in [6, 6.07) is 8.66. The molecule has 1 aliphatic rings. The highest BCUT2D eigenvalue weighted by Crippen LogP contribution is 2.26. The zero-order chi connectivity index (χ0) is 12.8. The van der Waals surface area contributed by atoms with Gasteiger partial charge < -0.3 is 4.98 Å². The van der Waals surface area contributed by atoms with Gasteiger partial charge in [0.05, 0.1) is 17.2 Å². The van der Waals surface area contributed by atoms with Crippen molar-refractivity contribution < 1.29 is 0 Å². The van der Waals surface area contributed by atoms with Gasteiger partial charge in [-0.2, -0.15) is 0 Å². The molecule has 0 saturated carbocycles. The Morgan fingerprint density at radius 1 is 1.16 bits per heavy atom. The Bertz CT molecular complexity index is 829. The molecule has 1 aliphatic carbocycles. The second kappa shape index (κ2) is 4.03. The molecule has 0 spiro atoms. The second-order valence-electron chi connectivity index (χ2n) is 4.96. The van der Waals surface area contributed by atoms with Crippen molar-refractivity contribution in [2.75, 3.05) is 0 Å². The van der Waals surface area contributed by atoms with E-state index in [0.717, 1.165) is 21.5 Å². The zero-order valence-electron chi connectivity index (χ0n) is 10.4. The number of fused-ring (bicyclic) bond motifs is 2. The molecule has 0 radical (unpaired) electrons. The van der Waals surface area contributed by atoms with Crippen molar-refractivity contribution in [1.82, 2.24) is 14.5 Å². The number of aryl methyl sites for hydroxylation is 2. The molecule has 1 N–H and O–H groups in total. The number of pyridine rings is 1. The molecule has 0 saturated heterocycles. The largest absolute Gasteiger partial charge is 0.329 e. The number of imidazole rings is 1. The van der Waals surface area contributed by atoms with Crippen molar-refractivity contribution in [2.45, 2.75) is 19.3 Å². The summed E-state index contributed by atoms with van der Waals surface area (Å²) in [6.45, 7) is 0. The minimum Gasteiger partial charge on any atom is -0.329 e. The quantitative estimate of drug-likeness (QED) is 0.684. The van der Waals surface area contributed by atoms with Gasteiger partial charge in [-0.05, 0) is 60.8 Å². The van der Waals surface area contributed by atoms with Crippen LogP contribution in [0.25, 0.3) is 16.7 Å². The number of aromatic nitrogens is 3. The first-order valence-corrected chi connectivity index (χ1v) is 6.91. The topological polar surface area (TPSA) is 33.6 Å². The van der Waals surface area contributed by atoms with Crippen LogP contribution in [-0.4, -0.2) is 14.5 Å². The van der Waals surface area contributed by atoms with Crippen molar-refractivity contribution in [2.24, 2.45) is 0 Å². The molecule has 3 nitrogen and oxygen atoms in total. The number of nitrogens with zero attached hydrogens (tertiary/aromatic N) is 2. The van der Waals surface area contributed by atoms with Crippen LogP contribution in [0.1, 0.15) is 17.5 Å². The number of aromatic amines is 1. The Morgan fingerprint density at radius 3 is 3.00 bits per heavy atom. The standard InChI is InChI=1S/C15H13N3S/c19-15-17-13-9-16-7-6-14(13)18(15)12-5-4-10-2-1-3-11(10)8-12/h4-9H,1-3H2,(H,17,19). The van der Waals surface area contributed by atoms with Gasteiger partial charge in [-0.25, -0.2) is 0 Å². The molecule has 3 aromatic rings. The fourth-order valence-electron chi connectivity index (χ4n) is 2.91. The lowest BCUT2D eigenvalue weighted by atomic mass is 10.1. The third kappa shape index (κ3) is 1.64. The predicted octanol–water partition coefficient (Wildman–Crippen LogP) is 3.57. The van der Waals surface area contributed by atoms with Crippen LogP contribution in [0.3, 0.4) is 0 Å². The molecular formula is C15H13N3S. The third-order valence-corrected chi connectivity index (χ3v) is 4.11. The lowest BCUT2D eigenvalue weighted by molar-refractivity contribution is 0.911. The predicted molar refractivity (Wildman–Crippen MR) is 78.3 cm³/mol. The Hall–Kier alpha value is -1.94. The first kappa shape index (κ1) is 10.9. The Morgan fingerprint density at radius 2 is 2.05 bits per heavy atom. The van der Waals surface area contributed by atoms with E-state index in [0.29, 0.717) is 0 Å². The van der Waals surface area contributed by atoms with Crippen molar-refractivity contribution in [3.63, 3.8) is 0 Å². The van der Waals surface area contributed by atoms with Crippen LogP contribution in [0.5, 0.6) is 0 Å². The summed E-state index contributed by atoms with van der Waals surface area (Å²) in [5.41, 5.74) is 6.15.